The largest absolute Gasteiger partial charge is 0.494 e. The Morgan fingerprint density at radius 1 is 1.47 bits per heavy atom. The standard InChI is InChI=1S/C13H16O2/c1-3-15-12-6-4-5-11(9-12)13(7-8-13)10(2)14/h4-6,9H,3,7-8H2,1-2H3. The molecule has 2 heteroatoms. The van der Waals surface area contributed by atoms with Gasteiger partial charge < -0.3 is 4.74 Å². The van der Waals surface area contributed by atoms with Gasteiger partial charge in [0, 0.05) is 0 Å². The second kappa shape index (κ2) is 3.69. The summed E-state index contributed by atoms with van der Waals surface area (Å²) in [5, 5.41) is 0. The molecule has 1 aromatic rings. The van der Waals surface area contributed by atoms with Gasteiger partial charge in [0.05, 0.1) is 12.0 Å². The third-order valence-electron chi connectivity index (χ3n) is 3.12. The van der Waals surface area contributed by atoms with Crippen molar-refractivity contribution in [2.75, 3.05) is 6.61 Å². The fourth-order valence-corrected chi connectivity index (χ4v) is 2.02. The highest BCUT2D eigenvalue weighted by Gasteiger charge is 2.48. The first kappa shape index (κ1) is 10.2. The summed E-state index contributed by atoms with van der Waals surface area (Å²) < 4.78 is 5.44. The molecule has 1 aliphatic rings. The number of Topliss-reactive ketones (excluding diaryl/α,β-unsaturated/α-hetero) is 1. The third-order valence-corrected chi connectivity index (χ3v) is 3.12. The van der Waals surface area contributed by atoms with E-state index >= 15 is 0 Å². The smallest absolute Gasteiger partial charge is 0.140 e. The Kier molecular flexibility index (Phi) is 2.51. The van der Waals surface area contributed by atoms with E-state index in [1.54, 1.807) is 6.92 Å². The van der Waals surface area contributed by atoms with Gasteiger partial charge in [0.1, 0.15) is 11.5 Å². The Balaban J connectivity index is 2.29. The molecule has 1 fully saturated rings. The molecule has 0 bridgehead atoms. The lowest BCUT2D eigenvalue weighted by atomic mass is 9.92. The summed E-state index contributed by atoms with van der Waals surface area (Å²) in [6.45, 7) is 4.31. The molecule has 0 atom stereocenters. The number of hydrogen-bond donors (Lipinski definition) is 0. The van der Waals surface area contributed by atoms with Crippen LogP contribution in [0, 0.1) is 0 Å². The van der Waals surface area contributed by atoms with Crippen LogP contribution in [0.1, 0.15) is 32.3 Å². The molecule has 0 saturated heterocycles. The van der Waals surface area contributed by atoms with Crippen LogP contribution in [0.15, 0.2) is 24.3 Å². The minimum Gasteiger partial charge on any atom is -0.494 e. The fourth-order valence-electron chi connectivity index (χ4n) is 2.02. The quantitative estimate of drug-likeness (QED) is 0.753. The monoisotopic (exact) mass is 204 g/mol. The number of hydrogen-bond acceptors (Lipinski definition) is 2. The van der Waals surface area contributed by atoms with Gasteiger partial charge in [0.25, 0.3) is 0 Å². The van der Waals surface area contributed by atoms with Gasteiger partial charge in [0.2, 0.25) is 0 Å². The Hall–Kier alpha value is -1.31. The molecule has 0 amide bonds. The Morgan fingerprint density at radius 2 is 2.20 bits per heavy atom. The van der Waals surface area contributed by atoms with Crippen LogP contribution < -0.4 is 4.74 Å². The maximum Gasteiger partial charge on any atom is 0.140 e. The van der Waals surface area contributed by atoms with Crippen molar-refractivity contribution < 1.29 is 9.53 Å². The van der Waals surface area contributed by atoms with Crippen molar-refractivity contribution in [3.63, 3.8) is 0 Å². The van der Waals surface area contributed by atoms with Crippen LogP contribution in [-0.4, -0.2) is 12.4 Å². The maximum atomic E-state index is 11.6. The first-order valence-corrected chi connectivity index (χ1v) is 5.43. The van der Waals surface area contributed by atoms with Crippen molar-refractivity contribution in [1.82, 2.24) is 0 Å². The van der Waals surface area contributed by atoms with Crippen LogP contribution >= 0.6 is 0 Å². The minimum atomic E-state index is -0.187. The lowest BCUT2D eigenvalue weighted by molar-refractivity contribution is -0.119. The Bertz CT molecular complexity index is 378. The van der Waals surface area contributed by atoms with Crippen LogP contribution in [0.4, 0.5) is 0 Å². The predicted molar refractivity (Wildman–Crippen MR) is 59.2 cm³/mol. The third kappa shape index (κ3) is 1.76. The van der Waals surface area contributed by atoms with Crippen LogP contribution in [-0.2, 0) is 10.2 Å². The zero-order chi connectivity index (χ0) is 10.9. The maximum absolute atomic E-state index is 11.6. The normalized spacial score (nSPS) is 17.2. The van der Waals surface area contributed by atoms with E-state index < -0.39 is 0 Å². The minimum absolute atomic E-state index is 0.187. The van der Waals surface area contributed by atoms with Crippen molar-refractivity contribution in [3.8, 4) is 5.75 Å². The molecule has 0 N–H and O–H groups in total. The topological polar surface area (TPSA) is 26.3 Å². The highest BCUT2D eigenvalue weighted by atomic mass is 16.5. The predicted octanol–water partition coefficient (Wildman–Crippen LogP) is 2.71. The molecule has 0 radical (unpaired) electrons. The summed E-state index contributed by atoms with van der Waals surface area (Å²) in [5.74, 6) is 1.14. The van der Waals surface area contributed by atoms with Gasteiger partial charge in [-0.15, -0.1) is 0 Å². The van der Waals surface area contributed by atoms with Crippen LogP contribution in [0.25, 0.3) is 0 Å². The zero-order valence-electron chi connectivity index (χ0n) is 9.25. The van der Waals surface area contributed by atoms with Crippen LogP contribution in [0.2, 0.25) is 0 Å². The second-order valence-electron chi connectivity index (χ2n) is 4.10. The van der Waals surface area contributed by atoms with Gasteiger partial charge in [-0.05, 0) is 44.4 Å². The molecule has 1 saturated carbocycles. The summed E-state index contributed by atoms with van der Waals surface area (Å²) in [5.41, 5.74) is 0.925. The summed E-state index contributed by atoms with van der Waals surface area (Å²) >= 11 is 0. The van der Waals surface area contributed by atoms with Crippen molar-refractivity contribution in [2.24, 2.45) is 0 Å². The average molecular weight is 204 g/mol. The number of carbonyl (C=O) groups excluding carboxylic acids is 1. The lowest BCUT2D eigenvalue weighted by Gasteiger charge is -2.13. The second-order valence-corrected chi connectivity index (χ2v) is 4.10. The van der Waals surface area contributed by atoms with Crippen molar-refractivity contribution in [3.05, 3.63) is 29.8 Å². The first-order chi connectivity index (χ1) is 7.19. The summed E-state index contributed by atoms with van der Waals surface area (Å²) in [6, 6.07) is 7.92. The van der Waals surface area contributed by atoms with Crippen LogP contribution in [0.5, 0.6) is 5.75 Å². The van der Waals surface area contributed by atoms with Crippen molar-refractivity contribution >= 4 is 5.78 Å². The Labute approximate surface area is 90.3 Å². The number of carbonyl (C=O) groups is 1. The molecule has 0 heterocycles. The molecule has 80 valence electrons. The zero-order valence-corrected chi connectivity index (χ0v) is 9.25. The Morgan fingerprint density at radius 3 is 2.73 bits per heavy atom. The fraction of sp³-hybridized carbons (Fsp3) is 0.462. The molecule has 1 aliphatic carbocycles. The van der Waals surface area contributed by atoms with Crippen molar-refractivity contribution in [1.29, 1.82) is 0 Å². The summed E-state index contributed by atoms with van der Waals surface area (Å²) in [6.07, 6.45) is 1.97. The van der Waals surface area contributed by atoms with E-state index in [1.165, 1.54) is 0 Å². The number of ketones is 1. The van der Waals surface area contributed by atoms with E-state index in [9.17, 15) is 4.79 Å². The van der Waals surface area contributed by atoms with E-state index in [2.05, 4.69) is 0 Å². The number of ether oxygens (including phenoxy) is 1. The highest BCUT2D eigenvalue weighted by Crippen LogP contribution is 2.49. The van der Waals surface area contributed by atoms with Crippen molar-refractivity contribution in [2.45, 2.75) is 32.1 Å². The average Bonchev–Trinajstić information content (AvgIpc) is 2.99. The molecule has 2 rings (SSSR count). The van der Waals surface area contributed by atoms with E-state index in [0.29, 0.717) is 6.61 Å². The SMILES string of the molecule is CCOc1cccc(C2(C(C)=O)CC2)c1. The molecule has 2 nitrogen and oxygen atoms in total. The number of rotatable bonds is 4. The van der Waals surface area contributed by atoms with E-state index in [4.69, 9.17) is 4.74 Å². The van der Waals surface area contributed by atoms with Gasteiger partial charge in [-0.25, -0.2) is 0 Å². The molecule has 0 aromatic heterocycles. The van der Waals surface area contributed by atoms with Gasteiger partial charge in [-0.1, -0.05) is 12.1 Å². The molecule has 15 heavy (non-hydrogen) atoms. The highest BCUT2D eigenvalue weighted by molar-refractivity contribution is 5.91. The molecule has 0 spiro atoms. The summed E-state index contributed by atoms with van der Waals surface area (Å²) in [7, 11) is 0. The van der Waals surface area contributed by atoms with E-state index in [1.807, 2.05) is 31.2 Å². The molecular formula is C13H16O2. The lowest BCUT2D eigenvalue weighted by Crippen LogP contribution is -2.16. The van der Waals surface area contributed by atoms with Gasteiger partial charge >= 0.3 is 0 Å². The van der Waals surface area contributed by atoms with E-state index in [-0.39, 0.29) is 11.2 Å². The summed E-state index contributed by atoms with van der Waals surface area (Å²) in [4.78, 5) is 11.6. The molecule has 0 aliphatic heterocycles. The van der Waals surface area contributed by atoms with Gasteiger partial charge in [-0.3, -0.25) is 4.79 Å². The van der Waals surface area contributed by atoms with E-state index in [0.717, 1.165) is 24.2 Å². The molecular weight excluding hydrogens is 188 g/mol. The molecule has 1 aromatic carbocycles. The van der Waals surface area contributed by atoms with Crippen LogP contribution in [0.3, 0.4) is 0 Å². The van der Waals surface area contributed by atoms with Gasteiger partial charge in [0.15, 0.2) is 0 Å². The molecule has 0 unspecified atom stereocenters. The first-order valence-electron chi connectivity index (χ1n) is 5.43. The number of benzene rings is 1. The van der Waals surface area contributed by atoms with Gasteiger partial charge in [-0.2, -0.15) is 0 Å².